The Balaban J connectivity index is 1.97. The summed E-state index contributed by atoms with van der Waals surface area (Å²) in [6.07, 6.45) is 5.51. The number of aliphatic hydroxyl groups is 1. The van der Waals surface area contributed by atoms with Gasteiger partial charge >= 0.3 is 6.09 Å². The largest absolute Gasteiger partial charge is 0.444 e. The topological polar surface area (TPSA) is 75.8 Å². The average Bonchev–Trinajstić information content (AvgIpc) is 2.46. The summed E-state index contributed by atoms with van der Waals surface area (Å²) in [6, 6.07) is 0. The van der Waals surface area contributed by atoms with Crippen LogP contribution in [0, 0.1) is 11.3 Å². The molecule has 0 radical (unpaired) electrons. The molecule has 0 aromatic carbocycles. The molecule has 5 nitrogen and oxygen atoms in total. The first kappa shape index (κ1) is 17.5. The molecule has 2 unspecified atom stereocenters. The van der Waals surface area contributed by atoms with Gasteiger partial charge in [0.25, 0.3) is 0 Å². The highest BCUT2D eigenvalue weighted by Crippen LogP contribution is 2.45. The lowest BCUT2D eigenvalue weighted by molar-refractivity contribution is -0.0457. The third-order valence-electron chi connectivity index (χ3n) is 5.33. The van der Waals surface area contributed by atoms with Gasteiger partial charge in [0.1, 0.15) is 5.60 Å². The molecular formula is C17H32N2O3. The highest BCUT2D eigenvalue weighted by Gasteiger charge is 2.45. The lowest BCUT2D eigenvalue weighted by atomic mass is 9.63. The number of rotatable bonds is 2. The number of piperidine rings is 1. The standard InChI is InChI=1S/C17H32N2O3/c1-16(2,3)22-15(21)19-10-8-17(12-18,9-11-19)13-6-4-5-7-14(13)20/h13-14,20H,4-12,18H2,1-3H3. The summed E-state index contributed by atoms with van der Waals surface area (Å²) in [5.41, 5.74) is 5.63. The minimum absolute atomic E-state index is 0.0155. The van der Waals surface area contributed by atoms with Gasteiger partial charge in [-0.15, -0.1) is 0 Å². The second-order valence-corrected chi connectivity index (χ2v) is 7.99. The van der Waals surface area contributed by atoms with Crippen molar-refractivity contribution in [2.75, 3.05) is 19.6 Å². The number of ether oxygens (including phenoxy) is 1. The molecule has 3 N–H and O–H groups in total. The van der Waals surface area contributed by atoms with E-state index in [2.05, 4.69) is 0 Å². The molecule has 0 bridgehead atoms. The zero-order valence-electron chi connectivity index (χ0n) is 14.3. The number of hydrogen-bond donors (Lipinski definition) is 2. The van der Waals surface area contributed by atoms with Crippen molar-refractivity contribution < 1.29 is 14.6 Å². The van der Waals surface area contributed by atoms with E-state index in [1.54, 1.807) is 4.90 Å². The maximum atomic E-state index is 12.2. The van der Waals surface area contributed by atoms with Crippen LogP contribution >= 0.6 is 0 Å². The van der Waals surface area contributed by atoms with Crippen LogP contribution in [-0.2, 0) is 4.74 Å². The fourth-order valence-corrected chi connectivity index (χ4v) is 4.01. The second-order valence-electron chi connectivity index (χ2n) is 7.99. The van der Waals surface area contributed by atoms with E-state index < -0.39 is 5.60 Å². The van der Waals surface area contributed by atoms with Crippen LogP contribution in [0.2, 0.25) is 0 Å². The number of carbonyl (C=O) groups excluding carboxylic acids is 1. The molecule has 1 aliphatic heterocycles. The van der Waals surface area contributed by atoms with Crippen LogP contribution < -0.4 is 5.73 Å². The lowest BCUT2D eigenvalue weighted by Gasteiger charge is -2.49. The van der Waals surface area contributed by atoms with Crippen LogP contribution in [-0.4, -0.2) is 47.4 Å². The van der Waals surface area contributed by atoms with Crippen molar-refractivity contribution in [1.29, 1.82) is 0 Å². The molecule has 1 saturated heterocycles. The highest BCUT2D eigenvalue weighted by molar-refractivity contribution is 5.68. The van der Waals surface area contributed by atoms with Crippen molar-refractivity contribution in [2.45, 2.75) is 71.0 Å². The predicted octanol–water partition coefficient (Wildman–Crippen LogP) is 2.51. The highest BCUT2D eigenvalue weighted by atomic mass is 16.6. The Morgan fingerprint density at radius 1 is 1.27 bits per heavy atom. The Hall–Kier alpha value is -0.810. The van der Waals surface area contributed by atoms with E-state index in [9.17, 15) is 9.90 Å². The number of carbonyl (C=O) groups is 1. The van der Waals surface area contributed by atoms with Gasteiger partial charge in [-0.25, -0.2) is 4.79 Å². The smallest absolute Gasteiger partial charge is 0.410 e. The van der Waals surface area contributed by atoms with Crippen LogP contribution in [0.15, 0.2) is 0 Å². The summed E-state index contributed by atoms with van der Waals surface area (Å²) >= 11 is 0. The summed E-state index contributed by atoms with van der Waals surface area (Å²) in [6.45, 7) is 7.60. The number of likely N-dealkylation sites (tertiary alicyclic amines) is 1. The van der Waals surface area contributed by atoms with Crippen molar-refractivity contribution >= 4 is 6.09 Å². The average molecular weight is 312 g/mol. The molecule has 5 heteroatoms. The molecule has 2 rings (SSSR count). The Bertz CT molecular complexity index is 384. The molecule has 22 heavy (non-hydrogen) atoms. The number of nitrogens with two attached hydrogens (primary N) is 1. The van der Waals surface area contributed by atoms with Crippen LogP contribution in [0.5, 0.6) is 0 Å². The maximum Gasteiger partial charge on any atom is 0.410 e. The summed E-state index contributed by atoms with van der Waals surface area (Å²) < 4.78 is 5.45. The van der Waals surface area contributed by atoms with Crippen molar-refractivity contribution in [3.63, 3.8) is 0 Å². The maximum absolute atomic E-state index is 12.2. The molecule has 2 atom stereocenters. The first-order chi connectivity index (χ1) is 10.3. The number of hydrogen-bond acceptors (Lipinski definition) is 4. The Kier molecular flexibility index (Phi) is 5.38. The van der Waals surface area contributed by atoms with Gasteiger partial charge in [0.15, 0.2) is 0 Å². The van der Waals surface area contributed by atoms with Crippen molar-refractivity contribution in [3.8, 4) is 0 Å². The summed E-state index contributed by atoms with van der Waals surface area (Å²) in [7, 11) is 0. The summed E-state index contributed by atoms with van der Waals surface area (Å²) in [5, 5.41) is 10.4. The van der Waals surface area contributed by atoms with Crippen molar-refractivity contribution in [2.24, 2.45) is 17.1 Å². The number of nitrogens with zero attached hydrogens (tertiary/aromatic N) is 1. The predicted molar refractivity (Wildman–Crippen MR) is 86.5 cm³/mol. The van der Waals surface area contributed by atoms with Crippen LogP contribution in [0.3, 0.4) is 0 Å². The van der Waals surface area contributed by atoms with Gasteiger partial charge in [0.05, 0.1) is 6.10 Å². The van der Waals surface area contributed by atoms with E-state index in [-0.39, 0.29) is 23.5 Å². The van der Waals surface area contributed by atoms with E-state index in [0.717, 1.165) is 32.1 Å². The molecular weight excluding hydrogens is 280 g/mol. The second kappa shape index (κ2) is 6.75. The lowest BCUT2D eigenvalue weighted by Crippen LogP contribution is -2.53. The van der Waals surface area contributed by atoms with E-state index in [4.69, 9.17) is 10.5 Å². The third-order valence-corrected chi connectivity index (χ3v) is 5.33. The molecule has 0 aromatic rings. The van der Waals surface area contributed by atoms with Gasteiger partial charge in [-0.1, -0.05) is 12.8 Å². The fraction of sp³-hybridized carbons (Fsp3) is 0.941. The minimum Gasteiger partial charge on any atom is -0.444 e. The Labute approximate surface area is 134 Å². The minimum atomic E-state index is -0.459. The van der Waals surface area contributed by atoms with E-state index in [1.807, 2.05) is 20.8 Å². The molecule has 1 heterocycles. The zero-order chi connectivity index (χ0) is 16.4. The SMILES string of the molecule is CC(C)(C)OC(=O)N1CCC(CN)(C2CCCCC2O)CC1. The van der Waals surface area contributed by atoms with Crippen molar-refractivity contribution in [3.05, 3.63) is 0 Å². The van der Waals surface area contributed by atoms with Crippen molar-refractivity contribution in [1.82, 2.24) is 4.90 Å². The molecule has 1 saturated carbocycles. The molecule has 2 aliphatic rings. The third kappa shape index (κ3) is 3.93. The van der Waals surface area contributed by atoms with Gasteiger partial charge in [0.2, 0.25) is 0 Å². The van der Waals surface area contributed by atoms with Gasteiger partial charge in [-0.3, -0.25) is 0 Å². The fourth-order valence-electron chi connectivity index (χ4n) is 4.01. The quantitative estimate of drug-likeness (QED) is 0.821. The first-order valence-electron chi connectivity index (χ1n) is 8.63. The van der Waals surface area contributed by atoms with Gasteiger partial charge in [-0.05, 0) is 64.3 Å². The molecule has 1 aliphatic carbocycles. The van der Waals surface area contributed by atoms with Crippen LogP contribution in [0.4, 0.5) is 4.79 Å². The number of amides is 1. The monoisotopic (exact) mass is 312 g/mol. The Morgan fingerprint density at radius 3 is 2.36 bits per heavy atom. The molecule has 2 fully saturated rings. The molecule has 128 valence electrons. The van der Waals surface area contributed by atoms with Crippen LogP contribution in [0.1, 0.15) is 59.3 Å². The van der Waals surface area contributed by atoms with Gasteiger partial charge in [0, 0.05) is 13.1 Å². The van der Waals surface area contributed by atoms with Gasteiger partial charge in [-0.2, -0.15) is 0 Å². The summed E-state index contributed by atoms with van der Waals surface area (Å²) in [4.78, 5) is 14.0. The van der Waals surface area contributed by atoms with Gasteiger partial charge < -0.3 is 20.5 Å². The Morgan fingerprint density at radius 2 is 1.86 bits per heavy atom. The number of aliphatic hydroxyl groups excluding tert-OH is 1. The van der Waals surface area contributed by atoms with Crippen LogP contribution in [0.25, 0.3) is 0 Å². The molecule has 0 spiro atoms. The van der Waals surface area contributed by atoms with E-state index in [1.165, 1.54) is 6.42 Å². The zero-order valence-corrected chi connectivity index (χ0v) is 14.3. The van der Waals surface area contributed by atoms with E-state index in [0.29, 0.717) is 19.6 Å². The summed E-state index contributed by atoms with van der Waals surface area (Å²) in [5.74, 6) is 0.284. The molecule has 1 amide bonds. The molecule has 0 aromatic heterocycles. The first-order valence-corrected chi connectivity index (χ1v) is 8.63. The normalized spacial score (nSPS) is 29.2. The van der Waals surface area contributed by atoms with E-state index >= 15 is 0 Å².